The van der Waals surface area contributed by atoms with Gasteiger partial charge in [0.25, 0.3) is 0 Å². The Kier molecular flexibility index (Phi) is 15.3. The summed E-state index contributed by atoms with van der Waals surface area (Å²) in [6.45, 7) is 22.3. The average Bonchev–Trinajstić information content (AvgIpc) is 4.02. The first-order valence-electron chi connectivity index (χ1n) is 29.0. The SMILES string of the molecule is CCc1nc2c(-c3ccc(N(c4ccccc4)c4ccc(C(=O)c5ccc(C(C)(C)C)cc5)cc4)cc3)c3nn(CC(C)C)nc3c(-c3ccc(N(c4ccccc4)c4ccc(C(=O)c5ccc(C(C)(C)C)cc5)cc4)cc3)c2nc1CC. The van der Waals surface area contributed by atoms with Crippen LogP contribution in [0.3, 0.4) is 0 Å². The zero-order valence-electron chi connectivity index (χ0n) is 49.3. The predicted octanol–water partition coefficient (Wildman–Crippen LogP) is 18.5. The Bertz CT molecular complexity index is 3840. The number of ketones is 2. The van der Waals surface area contributed by atoms with Crippen LogP contribution in [0.5, 0.6) is 0 Å². The van der Waals surface area contributed by atoms with E-state index in [-0.39, 0.29) is 22.4 Å². The fraction of sp³-hybridized carbons (Fsp3) is 0.216. The molecule has 2 heterocycles. The number of nitrogens with zero attached hydrogens (tertiary/aromatic N) is 7. The number of carbonyl (C=O) groups is 2. The van der Waals surface area contributed by atoms with Crippen LogP contribution in [-0.2, 0) is 30.2 Å². The second-order valence-corrected chi connectivity index (χ2v) is 24.0. The van der Waals surface area contributed by atoms with Crippen LogP contribution in [0.4, 0.5) is 34.1 Å². The lowest BCUT2D eigenvalue weighted by Crippen LogP contribution is -2.12. The van der Waals surface area contributed by atoms with Gasteiger partial charge < -0.3 is 9.80 Å². The Morgan fingerprint density at radius 3 is 0.976 bits per heavy atom. The molecule has 0 saturated heterocycles. The van der Waals surface area contributed by atoms with Gasteiger partial charge in [-0.1, -0.05) is 178 Å². The minimum Gasteiger partial charge on any atom is -0.311 e. The number of hydrogen-bond acceptors (Lipinski definition) is 8. The molecule has 0 amide bonds. The van der Waals surface area contributed by atoms with E-state index in [4.69, 9.17) is 20.2 Å². The summed E-state index contributed by atoms with van der Waals surface area (Å²) in [6, 6.07) is 69.5. The van der Waals surface area contributed by atoms with Crippen molar-refractivity contribution >= 4 is 67.8 Å². The standard InChI is InChI=1S/C74H71N7O2/c1-11-63-64(12-2)76-68-66(50-29-41-60(42-30-50)81(58-21-17-14-18-22-58)62-45-33-54(34-46-62)72(83)52-25-37-56(38-26-52)74(8,9)10)70-69(77-79(78-70)47-48(3)4)65(67(68)75-63)49-27-39-59(40-28-49)80(57-19-15-13-16-20-57)61-43-31-53(32-44-61)71(82)51-23-35-55(36-24-51)73(5,6)7/h13-46,48H,11-12,47H2,1-10H3. The number of fused-ring (bicyclic) bond motifs is 2. The summed E-state index contributed by atoms with van der Waals surface area (Å²) in [5.41, 5.74) is 19.3. The van der Waals surface area contributed by atoms with Crippen molar-refractivity contribution in [3.05, 3.63) is 251 Å². The van der Waals surface area contributed by atoms with Crippen molar-refractivity contribution in [3.63, 3.8) is 0 Å². The first-order valence-corrected chi connectivity index (χ1v) is 29.0. The van der Waals surface area contributed by atoms with E-state index in [1.54, 1.807) is 0 Å². The van der Waals surface area contributed by atoms with Gasteiger partial charge in [-0.25, -0.2) is 9.97 Å². The van der Waals surface area contributed by atoms with Crippen LogP contribution in [0, 0.1) is 5.92 Å². The van der Waals surface area contributed by atoms with E-state index < -0.39 is 0 Å². The molecule has 83 heavy (non-hydrogen) atoms. The number of aromatic nitrogens is 5. The highest BCUT2D eigenvalue weighted by atomic mass is 16.1. The van der Waals surface area contributed by atoms with Crippen molar-refractivity contribution in [3.8, 4) is 22.3 Å². The Morgan fingerprint density at radius 1 is 0.398 bits per heavy atom. The van der Waals surface area contributed by atoms with Gasteiger partial charge in [0.05, 0.1) is 29.0 Å². The Labute approximate surface area is 488 Å². The van der Waals surface area contributed by atoms with Crippen LogP contribution in [-0.4, -0.2) is 36.5 Å². The van der Waals surface area contributed by atoms with Crippen molar-refractivity contribution in [2.24, 2.45) is 5.92 Å². The maximum absolute atomic E-state index is 13.8. The van der Waals surface area contributed by atoms with Gasteiger partial charge in [-0.2, -0.15) is 15.0 Å². The largest absolute Gasteiger partial charge is 0.311 e. The summed E-state index contributed by atoms with van der Waals surface area (Å²) >= 11 is 0. The predicted molar refractivity (Wildman–Crippen MR) is 342 cm³/mol. The van der Waals surface area contributed by atoms with E-state index >= 15 is 0 Å². The first-order chi connectivity index (χ1) is 40.0. The first kappa shape index (κ1) is 55.6. The van der Waals surface area contributed by atoms with Crippen LogP contribution < -0.4 is 9.80 Å². The molecular weight excluding hydrogens is 1020 g/mol. The van der Waals surface area contributed by atoms with Crippen molar-refractivity contribution in [2.75, 3.05) is 9.80 Å². The molecule has 2 aromatic heterocycles. The van der Waals surface area contributed by atoms with Gasteiger partial charge in [0, 0.05) is 67.5 Å². The smallest absolute Gasteiger partial charge is 0.193 e. The summed E-state index contributed by atoms with van der Waals surface area (Å²) < 4.78 is 0. The highest BCUT2D eigenvalue weighted by molar-refractivity contribution is 6.17. The van der Waals surface area contributed by atoms with Crippen LogP contribution >= 0.6 is 0 Å². The van der Waals surface area contributed by atoms with E-state index in [0.717, 1.165) is 103 Å². The van der Waals surface area contributed by atoms with E-state index in [1.807, 2.05) is 114 Å². The molecule has 0 fully saturated rings. The number of carbonyl (C=O) groups excluding carboxylic acids is 2. The van der Waals surface area contributed by atoms with Crippen LogP contribution in [0.15, 0.2) is 206 Å². The molecular formula is C74H71N7O2. The maximum atomic E-state index is 13.8. The molecule has 0 spiro atoms. The number of anilines is 6. The van der Waals surface area contributed by atoms with E-state index in [1.165, 1.54) is 11.1 Å². The molecule has 0 aliphatic rings. The Balaban J connectivity index is 0.984. The zero-order chi connectivity index (χ0) is 58.2. The zero-order valence-corrected chi connectivity index (χ0v) is 49.3. The number of aryl methyl sites for hydroxylation is 2. The molecule has 0 radical (unpaired) electrons. The summed E-state index contributed by atoms with van der Waals surface area (Å²) in [5.74, 6) is 0.265. The molecule has 0 unspecified atom stereocenters. The Morgan fingerprint density at radius 2 is 0.687 bits per heavy atom. The van der Waals surface area contributed by atoms with Gasteiger partial charge in [0.15, 0.2) is 11.6 Å². The quantitative estimate of drug-likeness (QED) is 0.0883. The minimum absolute atomic E-state index is 0.00249. The topological polar surface area (TPSA) is 97.1 Å². The molecule has 9 nitrogen and oxygen atoms in total. The number of hydrogen-bond donors (Lipinski definition) is 0. The fourth-order valence-corrected chi connectivity index (χ4v) is 11.0. The van der Waals surface area contributed by atoms with Gasteiger partial charge >= 0.3 is 0 Å². The maximum Gasteiger partial charge on any atom is 0.193 e. The molecule has 0 aliphatic heterocycles. The molecule has 9 aromatic carbocycles. The van der Waals surface area contributed by atoms with Gasteiger partial charge in [-0.3, -0.25) is 9.59 Å². The van der Waals surface area contributed by atoms with Crippen molar-refractivity contribution in [1.82, 2.24) is 25.0 Å². The van der Waals surface area contributed by atoms with Crippen LogP contribution in [0.2, 0.25) is 0 Å². The number of benzene rings is 9. The minimum atomic E-state index is -0.0126. The van der Waals surface area contributed by atoms with Crippen LogP contribution in [0.1, 0.15) is 124 Å². The average molecular weight is 1090 g/mol. The summed E-state index contributed by atoms with van der Waals surface area (Å²) in [5, 5.41) is 10.6. The second kappa shape index (κ2) is 22.9. The number of rotatable bonds is 16. The third-order valence-electron chi connectivity index (χ3n) is 15.5. The molecule has 0 saturated carbocycles. The molecule has 0 bridgehead atoms. The lowest BCUT2D eigenvalue weighted by Gasteiger charge is -2.26. The van der Waals surface area contributed by atoms with Gasteiger partial charge in [0.1, 0.15) is 11.0 Å². The van der Waals surface area contributed by atoms with Gasteiger partial charge in [0.2, 0.25) is 0 Å². The normalized spacial score (nSPS) is 11.8. The summed E-state index contributed by atoms with van der Waals surface area (Å²) in [4.78, 5) is 44.9. The van der Waals surface area contributed by atoms with Gasteiger partial charge in [-0.15, -0.1) is 0 Å². The second-order valence-electron chi connectivity index (χ2n) is 24.0. The lowest BCUT2D eigenvalue weighted by atomic mass is 9.86. The van der Waals surface area contributed by atoms with Gasteiger partial charge in [-0.05, 0) is 149 Å². The van der Waals surface area contributed by atoms with E-state index in [0.29, 0.717) is 34.7 Å². The highest BCUT2D eigenvalue weighted by Crippen LogP contribution is 2.44. The molecule has 0 aliphatic carbocycles. The highest BCUT2D eigenvalue weighted by Gasteiger charge is 2.27. The summed E-state index contributed by atoms with van der Waals surface area (Å²) in [7, 11) is 0. The molecule has 11 aromatic rings. The number of para-hydroxylation sites is 2. The fourth-order valence-electron chi connectivity index (χ4n) is 11.0. The molecule has 11 rings (SSSR count). The lowest BCUT2D eigenvalue weighted by molar-refractivity contribution is 0.103. The van der Waals surface area contributed by atoms with E-state index in [2.05, 4.69) is 176 Å². The molecule has 414 valence electrons. The third-order valence-corrected chi connectivity index (χ3v) is 15.5. The van der Waals surface area contributed by atoms with Crippen LogP contribution in [0.25, 0.3) is 44.3 Å². The summed E-state index contributed by atoms with van der Waals surface area (Å²) in [6.07, 6.45) is 1.45. The van der Waals surface area contributed by atoms with E-state index in [9.17, 15) is 9.59 Å². The third kappa shape index (κ3) is 11.4. The Hall–Kier alpha value is -9.34. The molecule has 0 N–H and O–H groups in total. The molecule has 0 atom stereocenters. The monoisotopic (exact) mass is 1090 g/mol. The molecule has 9 heteroatoms. The van der Waals surface area contributed by atoms with Crippen molar-refractivity contribution < 1.29 is 9.59 Å². The van der Waals surface area contributed by atoms with Crippen molar-refractivity contribution in [2.45, 2.75) is 99.5 Å². The van der Waals surface area contributed by atoms with Crippen molar-refractivity contribution in [1.29, 1.82) is 0 Å².